The van der Waals surface area contributed by atoms with E-state index in [4.69, 9.17) is 9.47 Å². The summed E-state index contributed by atoms with van der Waals surface area (Å²) in [7, 11) is 0. The molecule has 1 aromatic rings. The van der Waals surface area contributed by atoms with Gasteiger partial charge >= 0.3 is 11.9 Å². The van der Waals surface area contributed by atoms with Gasteiger partial charge in [0, 0.05) is 19.2 Å². The lowest BCUT2D eigenvalue weighted by atomic mass is 10.3. The summed E-state index contributed by atoms with van der Waals surface area (Å²) in [4.78, 5) is 13.0. The van der Waals surface area contributed by atoms with E-state index < -0.39 is 28.2 Å². The standard InChI is InChI=1S/C11H12F3N3O4/c12-11(13,14)10-3-9(8(5-16-10)17(18)19)21-6-7-4-15-1-2-20-7/h3,5,7,15H,1-2,4,6H2. The van der Waals surface area contributed by atoms with Gasteiger partial charge in [-0.15, -0.1) is 0 Å². The van der Waals surface area contributed by atoms with E-state index in [0.717, 1.165) is 0 Å². The first-order valence-electron chi connectivity index (χ1n) is 6.04. The number of alkyl halides is 3. The van der Waals surface area contributed by atoms with Crippen LogP contribution in [0.15, 0.2) is 12.3 Å². The Kier molecular flexibility index (Phi) is 4.58. The zero-order valence-corrected chi connectivity index (χ0v) is 10.7. The Morgan fingerprint density at radius 2 is 2.33 bits per heavy atom. The van der Waals surface area contributed by atoms with Crippen LogP contribution >= 0.6 is 0 Å². The van der Waals surface area contributed by atoms with Crippen LogP contribution in [0.1, 0.15) is 5.69 Å². The highest BCUT2D eigenvalue weighted by Crippen LogP contribution is 2.34. The molecule has 0 aliphatic carbocycles. The number of rotatable bonds is 4. The van der Waals surface area contributed by atoms with Gasteiger partial charge in [-0.2, -0.15) is 13.2 Å². The van der Waals surface area contributed by atoms with Crippen molar-refractivity contribution in [2.24, 2.45) is 0 Å². The van der Waals surface area contributed by atoms with E-state index in [0.29, 0.717) is 32.0 Å². The molecule has 0 radical (unpaired) electrons. The number of aromatic nitrogens is 1. The molecule has 0 aromatic carbocycles. The second-order valence-corrected chi connectivity index (χ2v) is 4.30. The number of nitrogens with one attached hydrogen (secondary N) is 1. The second kappa shape index (κ2) is 6.22. The van der Waals surface area contributed by atoms with Gasteiger partial charge < -0.3 is 14.8 Å². The predicted octanol–water partition coefficient (Wildman–Crippen LogP) is 1.38. The summed E-state index contributed by atoms with van der Waals surface area (Å²) in [6.45, 7) is 1.49. The van der Waals surface area contributed by atoms with Gasteiger partial charge in [-0.3, -0.25) is 10.1 Å². The molecule has 1 fully saturated rings. The third-order valence-electron chi connectivity index (χ3n) is 2.76. The molecule has 1 aromatic heterocycles. The molecule has 0 saturated carbocycles. The Hall–Kier alpha value is -1.94. The minimum atomic E-state index is -4.70. The maximum atomic E-state index is 12.6. The monoisotopic (exact) mass is 307 g/mol. The van der Waals surface area contributed by atoms with Crippen molar-refractivity contribution in [2.45, 2.75) is 12.3 Å². The first-order valence-corrected chi connectivity index (χ1v) is 6.04. The van der Waals surface area contributed by atoms with E-state index in [1.165, 1.54) is 0 Å². The van der Waals surface area contributed by atoms with Gasteiger partial charge in [-0.25, -0.2) is 4.98 Å². The molecule has 1 saturated heterocycles. The fraction of sp³-hybridized carbons (Fsp3) is 0.545. The van der Waals surface area contributed by atoms with Crippen molar-refractivity contribution in [1.82, 2.24) is 10.3 Å². The summed E-state index contributed by atoms with van der Waals surface area (Å²) < 4.78 is 48.1. The van der Waals surface area contributed by atoms with Gasteiger partial charge in [0.15, 0.2) is 0 Å². The van der Waals surface area contributed by atoms with Crippen molar-refractivity contribution >= 4 is 5.69 Å². The van der Waals surface area contributed by atoms with Crippen LogP contribution in [0.25, 0.3) is 0 Å². The Morgan fingerprint density at radius 3 is 2.90 bits per heavy atom. The Bertz CT molecular complexity index is 518. The normalized spacial score (nSPS) is 19.3. The molecule has 1 unspecified atom stereocenters. The van der Waals surface area contributed by atoms with Crippen LogP contribution in [0.3, 0.4) is 0 Å². The molecule has 1 atom stereocenters. The molecule has 7 nitrogen and oxygen atoms in total. The molecule has 0 spiro atoms. The molecule has 116 valence electrons. The average molecular weight is 307 g/mol. The van der Waals surface area contributed by atoms with Crippen LogP contribution < -0.4 is 10.1 Å². The molecule has 2 rings (SSSR count). The van der Waals surface area contributed by atoms with Gasteiger partial charge in [-0.05, 0) is 0 Å². The topological polar surface area (TPSA) is 86.5 Å². The van der Waals surface area contributed by atoms with Gasteiger partial charge in [0.25, 0.3) is 0 Å². The number of nitro groups is 1. The first-order chi connectivity index (χ1) is 9.88. The molecule has 10 heteroatoms. The van der Waals surface area contributed by atoms with Crippen molar-refractivity contribution in [3.63, 3.8) is 0 Å². The van der Waals surface area contributed by atoms with Crippen molar-refractivity contribution in [3.05, 3.63) is 28.1 Å². The lowest BCUT2D eigenvalue weighted by molar-refractivity contribution is -0.386. The van der Waals surface area contributed by atoms with Crippen LogP contribution in [0, 0.1) is 10.1 Å². The number of hydrogen-bond donors (Lipinski definition) is 1. The summed E-state index contributed by atoms with van der Waals surface area (Å²) in [6.07, 6.45) is -4.53. The number of morpholine rings is 1. The maximum absolute atomic E-state index is 12.6. The Morgan fingerprint density at radius 1 is 1.57 bits per heavy atom. The Balaban J connectivity index is 2.16. The number of ether oxygens (including phenoxy) is 2. The van der Waals surface area contributed by atoms with Crippen molar-refractivity contribution in [3.8, 4) is 5.75 Å². The van der Waals surface area contributed by atoms with E-state index in [2.05, 4.69) is 10.3 Å². The molecule has 0 amide bonds. The zero-order valence-electron chi connectivity index (χ0n) is 10.7. The fourth-order valence-corrected chi connectivity index (χ4v) is 1.75. The van der Waals surface area contributed by atoms with E-state index in [1.807, 2.05) is 0 Å². The minimum absolute atomic E-state index is 0.0881. The van der Waals surface area contributed by atoms with E-state index in [-0.39, 0.29) is 12.7 Å². The van der Waals surface area contributed by atoms with Crippen molar-refractivity contribution in [2.75, 3.05) is 26.3 Å². The van der Waals surface area contributed by atoms with Gasteiger partial charge in [0.1, 0.15) is 24.6 Å². The smallest absolute Gasteiger partial charge is 0.433 e. The lowest BCUT2D eigenvalue weighted by Crippen LogP contribution is -2.41. The number of halogens is 3. The van der Waals surface area contributed by atoms with Gasteiger partial charge in [0.2, 0.25) is 5.75 Å². The second-order valence-electron chi connectivity index (χ2n) is 4.30. The molecule has 1 N–H and O–H groups in total. The highest BCUT2D eigenvalue weighted by atomic mass is 19.4. The summed E-state index contributed by atoms with van der Waals surface area (Å²) >= 11 is 0. The summed E-state index contributed by atoms with van der Waals surface area (Å²) in [5.74, 6) is -0.475. The number of pyridine rings is 1. The van der Waals surface area contributed by atoms with Crippen LogP contribution in [0.4, 0.5) is 18.9 Å². The van der Waals surface area contributed by atoms with E-state index in [1.54, 1.807) is 0 Å². The maximum Gasteiger partial charge on any atom is 0.433 e. The number of nitrogens with zero attached hydrogens (tertiary/aromatic N) is 2. The van der Waals surface area contributed by atoms with E-state index in [9.17, 15) is 23.3 Å². The molecule has 0 bridgehead atoms. The van der Waals surface area contributed by atoms with Crippen LogP contribution in [0.2, 0.25) is 0 Å². The third-order valence-corrected chi connectivity index (χ3v) is 2.76. The quantitative estimate of drug-likeness (QED) is 0.668. The highest BCUT2D eigenvalue weighted by molar-refractivity contribution is 5.45. The predicted molar refractivity (Wildman–Crippen MR) is 64.0 cm³/mol. The van der Waals surface area contributed by atoms with Gasteiger partial charge in [-0.1, -0.05) is 0 Å². The summed E-state index contributed by atoms with van der Waals surface area (Å²) in [6, 6.07) is 0.522. The average Bonchev–Trinajstić information content (AvgIpc) is 2.45. The zero-order chi connectivity index (χ0) is 15.5. The molecular weight excluding hydrogens is 295 g/mol. The van der Waals surface area contributed by atoms with E-state index >= 15 is 0 Å². The molecular formula is C11H12F3N3O4. The SMILES string of the molecule is O=[N+]([O-])c1cnc(C(F)(F)F)cc1OCC1CNCCO1. The first kappa shape index (κ1) is 15.4. The van der Waals surface area contributed by atoms with Crippen LogP contribution in [0.5, 0.6) is 5.75 Å². The summed E-state index contributed by atoms with van der Waals surface area (Å²) in [5, 5.41) is 13.8. The highest BCUT2D eigenvalue weighted by Gasteiger charge is 2.35. The largest absolute Gasteiger partial charge is 0.484 e. The lowest BCUT2D eigenvalue weighted by Gasteiger charge is -2.23. The van der Waals surface area contributed by atoms with Gasteiger partial charge in [0.05, 0.1) is 11.5 Å². The van der Waals surface area contributed by atoms with Crippen LogP contribution in [-0.2, 0) is 10.9 Å². The van der Waals surface area contributed by atoms with Crippen LogP contribution in [-0.4, -0.2) is 42.3 Å². The molecule has 2 heterocycles. The van der Waals surface area contributed by atoms with Crippen molar-refractivity contribution < 1.29 is 27.6 Å². The minimum Gasteiger partial charge on any atom is -0.484 e. The Labute approximate surface area is 117 Å². The number of hydrogen-bond acceptors (Lipinski definition) is 6. The van der Waals surface area contributed by atoms with Crippen molar-refractivity contribution in [1.29, 1.82) is 0 Å². The third kappa shape index (κ3) is 4.02. The molecule has 21 heavy (non-hydrogen) atoms. The molecule has 1 aliphatic heterocycles. The molecule has 1 aliphatic rings. The fourth-order valence-electron chi connectivity index (χ4n) is 1.75. The summed E-state index contributed by atoms with van der Waals surface area (Å²) in [5.41, 5.74) is -1.86.